The second-order valence-corrected chi connectivity index (χ2v) is 10.2. The van der Waals surface area contributed by atoms with Crippen LogP contribution >= 0.6 is 11.8 Å². The predicted octanol–water partition coefficient (Wildman–Crippen LogP) is 5.33. The van der Waals surface area contributed by atoms with Gasteiger partial charge >= 0.3 is 0 Å². The average Bonchev–Trinajstić information content (AvgIpc) is 2.95. The van der Waals surface area contributed by atoms with Crippen molar-refractivity contribution >= 4 is 11.8 Å². The van der Waals surface area contributed by atoms with Gasteiger partial charge in [0.25, 0.3) is 0 Å². The zero-order valence-corrected chi connectivity index (χ0v) is 16.5. The number of nitrogens with zero attached hydrogens (tertiary/aromatic N) is 3. The van der Waals surface area contributed by atoms with Gasteiger partial charge in [0.1, 0.15) is 5.82 Å². The van der Waals surface area contributed by atoms with Gasteiger partial charge in [-0.15, -0.1) is 10.2 Å². The molecule has 138 valence electrons. The predicted molar refractivity (Wildman–Crippen MR) is 106 cm³/mol. The van der Waals surface area contributed by atoms with Gasteiger partial charge in [-0.25, -0.2) is 0 Å². The zero-order chi connectivity index (χ0) is 17.6. The molecule has 1 heterocycles. The Bertz CT molecular complexity index is 732. The van der Waals surface area contributed by atoms with Crippen LogP contribution in [0.5, 0.6) is 0 Å². The first-order chi connectivity index (χ1) is 12.7. The molecule has 1 aromatic heterocycles. The van der Waals surface area contributed by atoms with E-state index in [0.717, 1.165) is 35.3 Å². The Labute approximate surface area is 161 Å². The summed E-state index contributed by atoms with van der Waals surface area (Å²) < 4.78 is 2.28. The van der Waals surface area contributed by atoms with E-state index in [0.29, 0.717) is 5.41 Å². The van der Waals surface area contributed by atoms with Crippen molar-refractivity contribution in [1.29, 1.82) is 0 Å². The van der Waals surface area contributed by atoms with E-state index in [4.69, 9.17) is 0 Å². The summed E-state index contributed by atoms with van der Waals surface area (Å²) in [5, 5.41) is 9.92. The van der Waals surface area contributed by atoms with Crippen LogP contribution < -0.4 is 0 Å². The lowest BCUT2D eigenvalue weighted by Crippen LogP contribution is -2.46. The first kappa shape index (κ1) is 16.9. The first-order valence-corrected chi connectivity index (χ1v) is 11.2. The molecule has 0 radical (unpaired) electrons. The highest BCUT2D eigenvalue weighted by Crippen LogP contribution is 2.61. The summed E-state index contributed by atoms with van der Waals surface area (Å²) in [7, 11) is 0. The van der Waals surface area contributed by atoms with Gasteiger partial charge in [0.05, 0.1) is 6.54 Å². The van der Waals surface area contributed by atoms with Crippen LogP contribution in [-0.2, 0) is 6.54 Å². The Balaban J connectivity index is 1.24. The van der Waals surface area contributed by atoms with Gasteiger partial charge in [-0.05, 0) is 80.6 Å². The molecular formula is C22H29N3S. The van der Waals surface area contributed by atoms with Crippen LogP contribution in [0.1, 0.15) is 56.3 Å². The normalized spacial score (nSPS) is 32.3. The van der Waals surface area contributed by atoms with Crippen molar-refractivity contribution in [3.63, 3.8) is 0 Å². The molecule has 4 saturated carbocycles. The number of benzene rings is 1. The average molecular weight is 368 g/mol. The van der Waals surface area contributed by atoms with Crippen LogP contribution in [0.3, 0.4) is 0 Å². The van der Waals surface area contributed by atoms with Crippen molar-refractivity contribution in [2.75, 3.05) is 5.75 Å². The van der Waals surface area contributed by atoms with Crippen molar-refractivity contribution in [3.8, 4) is 0 Å². The van der Waals surface area contributed by atoms with Crippen LogP contribution in [0.4, 0.5) is 0 Å². The smallest absolute Gasteiger partial charge is 0.191 e. The number of hydrogen-bond acceptors (Lipinski definition) is 3. The summed E-state index contributed by atoms with van der Waals surface area (Å²) in [5.74, 6) is 5.37. The van der Waals surface area contributed by atoms with Crippen LogP contribution in [0.15, 0.2) is 35.5 Å². The highest BCUT2D eigenvalue weighted by atomic mass is 32.2. The van der Waals surface area contributed by atoms with Crippen LogP contribution in [0.25, 0.3) is 0 Å². The van der Waals surface area contributed by atoms with Gasteiger partial charge in [-0.2, -0.15) is 0 Å². The highest BCUT2D eigenvalue weighted by Gasteiger charge is 2.50. The molecule has 4 aliphatic carbocycles. The summed E-state index contributed by atoms with van der Waals surface area (Å²) >= 11 is 1.93. The molecule has 0 N–H and O–H groups in total. The van der Waals surface area contributed by atoms with Gasteiger partial charge in [-0.1, -0.05) is 42.1 Å². The summed E-state index contributed by atoms with van der Waals surface area (Å²) in [5.41, 5.74) is 1.99. The lowest BCUT2D eigenvalue weighted by molar-refractivity contribution is -0.0538. The minimum Gasteiger partial charge on any atom is -0.302 e. The molecule has 0 spiro atoms. The molecule has 26 heavy (non-hydrogen) atoms. The fourth-order valence-electron chi connectivity index (χ4n) is 6.37. The molecule has 4 heteroatoms. The summed E-state index contributed by atoms with van der Waals surface area (Å²) in [6.07, 6.45) is 10.5. The third-order valence-corrected chi connectivity index (χ3v) is 8.08. The molecule has 4 aliphatic rings. The van der Waals surface area contributed by atoms with Gasteiger partial charge in [0.15, 0.2) is 5.16 Å². The van der Waals surface area contributed by atoms with E-state index in [1.807, 2.05) is 11.8 Å². The van der Waals surface area contributed by atoms with Gasteiger partial charge in [0.2, 0.25) is 0 Å². The lowest BCUT2D eigenvalue weighted by Gasteiger charge is -2.57. The van der Waals surface area contributed by atoms with E-state index >= 15 is 0 Å². The minimum atomic E-state index is 0.668. The Kier molecular flexibility index (Phi) is 4.35. The molecule has 0 saturated heterocycles. The molecular weight excluding hydrogens is 338 g/mol. The SMILES string of the molecule is Cc1nnc(SCCC23CC4CC(CC(C4)C2)C3)n1Cc1ccccc1. The Morgan fingerprint density at radius 2 is 1.65 bits per heavy atom. The number of aryl methyl sites for hydroxylation is 1. The third-order valence-electron chi connectivity index (χ3n) is 7.11. The van der Waals surface area contributed by atoms with Crippen molar-refractivity contribution < 1.29 is 0 Å². The van der Waals surface area contributed by atoms with Crippen LogP contribution in [0, 0.1) is 30.1 Å². The lowest BCUT2D eigenvalue weighted by atomic mass is 9.49. The standard InChI is InChI=1S/C22H29N3S/c1-16-23-24-21(25(16)15-17-5-3-2-4-6-17)26-8-7-22-12-18-9-19(13-22)11-20(10-18)14-22/h2-6,18-20H,7-15H2,1H3. The molecule has 3 nitrogen and oxygen atoms in total. The second kappa shape index (κ2) is 6.70. The first-order valence-electron chi connectivity index (χ1n) is 10.3. The quantitative estimate of drug-likeness (QED) is 0.646. The van der Waals surface area contributed by atoms with Crippen LogP contribution in [0.2, 0.25) is 0 Å². The summed E-state index contributed by atoms with van der Waals surface area (Å²) in [4.78, 5) is 0. The molecule has 2 aromatic rings. The van der Waals surface area contributed by atoms with Crippen molar-refractivity contribution in [2.45, 2.75) is 63.6 Å². The van der Waals surface area contributed by atoms with Crippen molar-refractivity contribution in [2.24, 2.45) is 23.2 Å². The molecule has 0 atom stereocenters. The number of rotatable bonds is 6. The topological polar surface area (TPSA) is 30.7 Å². The fourth-order valence-corrected chi connectivity index (χ4v) is 7.54. The summed E-state index contributed by atoms with van der Waals surface area (Å²) in [6.45, 7) is 2.94. The maximum Gasteiger partial charge on any atom is 0.191 e. The van der Waals surface area contributed by atoms with Gasteiger partial charge < -0.3 is 4.57 Å². The largest absolute Gasteiger partial charge is 0.302 e. The van der Waals surface area contributed by atoms with E-state index in [9.17, 15) is 0 Å². The van der Waals surface area contributed by atoms with Gasteiger partial charge in [0, 0.05) is 5.75 Å². The van der Waals surface area contributed by atoms with E-state index in [-0.39, 0.29) is 0 Å². The van der Waals surface area contributed by atoms with Gasteiger partial charge in [-0.3, -0.25) is 0 Å². The minimum absolute atomic E-state index is 0.668. The Hall–Kier alpha value is -1.29. The zero-order valence-electron chi connectivity index (χ0n) is 15.7. The Morgan fingerprint density at radius 3 is 2.31 bits per heavy atom. The van der Waals surface area contributed by atoms with E-state index in [1.54, 1.807) is 0 Å². The monoisotopic (exact) mass is 367 g/mol. The molecule has 4 fully saturated rings. The highest BCUT2D eigenvalue weighted by molar-refractivity contribution is 7.99. The fraction of sp³-hybridized carbons (Fsp3) is 0.636. The molecule has 0 aliphatic heterocycles. The molecule has 0 unspecified atom stereocenters. The number of aromatic nitrogens is 3. The number of thioether (sulfide) groups is 1. The molecule has 4 bridgehead atoms. The van der Waals surface area contributed by atoms with E-state index in [2.05, 4.69) is 52.0 Å². The third kappa shape index (κ3) is 3.21. The Morgan fingerprint density at radius 1 is 1.00 bits per heavy atom. The van der Waals surface area contributed by atoms with Crippen molar-refractivity contribution in [3.05, 3.63) is 41.7 Å². The van der Waals surface area contributed by atoms with E-state index < -0.39 is 0 Å². The molecule has 0 amide bonds. The number of hydrogen-bond donors (Lipinski definition) is 0. The summed E-state index contributed by atoms with van der Waals surface area (Å²) in [6, 6.07) is 10.7. The molecule has 1 aromatic carbocycles. The van der Waals surface area contributed by atoms with E-state index in [1.165, 1.54) is 56.3 Å². The second-order valence-electron chi connectivity index (χ2n) is 9.12. The molecule has 6 rings (SSSR count). The maximum atomic E-state index is 4.47. The van der Waals surface area contributed by atoms with Crippen LogP contribution in [-0.4, -0.2) is 20.5 Å². The van der Waals surface area contributed by atoms with Crippen molar-refractivity contribution in [1.82, 2.24) is 14.8 Å². The maximum absolute atomic E-state index is 4.47.